The first-order chi connectivity index (χ1) is 12.7. The van der Waals surface area contributed by atoms with Gasteiger partial charge in [-0.05, 0) is 30.5 Å². The Balaban J connectivity index is 1.67. The predicted molar refractivity (Wildman–Crippen MR) is 98.4 cm³/mol. The molecule has 0 radical (unpaired) electrons. The molecular formula is C19H26N4O3. The fourth-order valence-electron chi connectivity index (χ4n) is 3.45. The summed E-state index contributed by atoms with van der Waals surface area (Å²) >= 11 is 0. The maximum absolute atomic E-state index is 12.5. The molecule has 1 amide bonds. The molecule has 2 aromatic heterocycles. The molecule has 2 atom stereocenters. The minimum Gasteiger partial charge on any atom is -0.456 e. The zero-order valence-corrected chi connectivity index (χ0v) is 15.6. The van der Waals surface area contributed by atoms with E-state index in [9.17, 15) is 4.79 Å². The van der Waals surface area contributed by atoms with Gasteiger partial charge in [-0.15, -0.1) is 0 Å². The maximum atomic E-state index is 12.5. The highest BCUT2D eigenvalue weighted by Crippen LogP contribution is 2.25. The van der Waals surface area contributed by atoms with Crippen molar-refractivity contribution in [2.75, 3.05) is 25.1 Å². The number of carbonyl (C=O) groups is 1. The van der Waals surface area contributed by atoms with Gasteiger partial charge in [-0.25, -0.2) is 9.97 Å². The normalized spacial score (nSPS) is 19.7. The molecule has 0 aliphatic carbocycles. The van der Waals surface area contributed by atoms with Gasteiger partial charge in [0.05, 0.1) is 12.1 Å². The number of ether oxygens (including phenoxy) is 1. The smallest absolute Gasteiger partial charge is 0.287 e. The number of nitrogens with one attached hydrogen (secondary N) is 1. The van der Waals surface area contributed by atoms with E-state index in [4.69, 9.17) is 9.15 Å². The molecule has 7 heteroatoms. The minimum atomic E-state index is -0.178. The SMILES string of the molecule is CCc1cc(C(=O)NC[C@H]2C[C@@H](OC)CN2c2ccncn2)oc1CC. The predicted octanol–water partition coefficient (Wildman–Crippen LogP) is 2.22. The molecule has 1 N–H and O–H groups in total. The summed E-state index contributed by atoms with van der Waals surface area (Å²) in [6.07, 6.45) is 5.86. The summed E-state index contributed by atoms with van der Waals surface area (Å²) in [7, 11) is 1.71. The second kappa shape index (κ2) is 8.31. The zero-order chi connectivity index (χ0) is 18.5. The lowest BCUT2D eigenvalue weighted by Crippen LogP contribution is -2.40. The van der Waals surface area contributed by atoms with Crippen LogP contribution in [0, 0.1) is 0 Å². The molecule has 2 aromatic rings. The summed E-state index contributed by atoms with van der Waals surface area (Å²) in [6, 6.07) is 3.84. The molecule has 3 rings (SSSR count). The molecule has 140 valence electrons. The van der Waals surface area contributed by atoms with Crippen molar-refractivity contribution >= 4 is 11.7 Å². The van der Waals surface area contributed by atoms with Gasteiger partial charge in [-0.3, -0.25) is 4.79 Å². The Morgan fingerprint density at radius 1 is 1.42 bits per heavy atom. The van der Waals surface area contributed by atoms with Gasteiger partial charge in [0.15, 0.2) is 5.76 Å². The van der Waals surface area contributed by atoms with Gasteiger partial charge in [0, 0.05) is 32.8 Å². The molecule has 26 heavy (non-hydrogen) atoms. The number of carbonyl (C=O) groups excluding carboxylic acids is 1. The molecule has 1 aliphatic heterocycles. The first-order valence-electron chi connectivity index (χ1n) is 9.11. The quantitative estimate of drug-likeness (QED) is 0.817. The molecular weight excluding hydrogens is 332 g/mol. The Bertz CT molecular complexity index is 710. The summed E-state index contributed by atoms with van der Waals surface area (Å²) in [5.41, 5.74) is 1.10. The standard InChI is InChI=1S/C19H26N4O3/c1-4-13-8-17(26-16(13)5-2)19(24)21-10-14-9-15(25-3)11-23(14)18-6-7-20-12-22-18/h6-8,12,14-15H,4-5,9-11H2,1-3H3,(H,21,24)/t14-,15-/m1/s1. The van der Waals surface area contributed by atoms with Crippen molar-refractivity contribution in [2.45, 2.75) is 45.3 Å². The summed E-state index contributed by atoms with van der Waals surface area (Å²) < 4.78 is 11.2. The van der Waals surface area contributed by atoms with Gasteiger partial charge in [0.1, 0.15) is 17.9 Å². The number of furan rings is 1. The summed E-state index contributed by atoms with van der Waals surface area (Å²) in [4.78, 5) is 23.0. The van der Waals surface area contributed by atoms with E-state index < -0.39 is 0 Å². The summed E-state index contributed by atoms with van der Waals surface area (Å²) in [5.74, 6) is 1.94. The van der Waals surface area contributed by atoms with Crippen molar-refractivity contribution in [3.8, 4) is 0 Å². The van der Waals surface area contributed by atoms with Crippen LogP contribution in [0.15, 0.2) is 29.1 Å². The maximum Gasteiger partial charge on any atom is 0.287 e. The Labute approximate surface area is 153 Å². The summed E-state index contributed by atoms with van der Waals surface area (Å²) in [5, 5.41) is 3.00. The van der Waals surface area contributed by atoms with Crippen LogP contribution in [0.4, 0.5) is 5.82 Å². The Morgan fingerprint density at radius 2 is 2.27 bits per heavy atom. The van der Waals surface area contributed by atoms with E-state index in [1.54, 1.807) is 13.3 Å². The van der Waals surface area contributed by atoms with Gasteiger partial charge in [0.2, 0.25) is 0 Å². The van der Waals surface area contributed by atoms with Gasteiger partial charge < -0.3 is 19.4 Å². The number of aryl methyl sites for hydroxylation is 2. The molecule has 1 aliphatic rings. The van der Waals surface area contributed by atoms with Crippen LogP contribution in [0.2, 0.25) is 0 Å². The van der Waals surface area contributed by atoms with Gasteiger partial charge >= 0.3 is 0 Å². The highest BCUT2D eigenvalue weighted by atomic mass is 16.5. The van der Waals surface area contributed by atoms with Crippen molar-refractivity contribution in [1.82, 2.24) is 15.3 Å². The van der Waals surface area contributed by atoms with Crippen molar-refractivity contribution in [2.24, 2.45) is 0 Å². The zero-order valence-electron chi connectivity index (χ0n) is 15.6. The second-order valence-corrected chi connectivity index (χ2v) is 6.44. The van der Waals surface area contributed by atoms with E-state index in [1.165, 1.54) is 6.33 Å². The second-order valence-electron chi connectivity index (χ2n) is 6.44. The molecule has 0 unspecified atom stereocenters. The molecule has 0 aromatic carbocycles. The third kappa shape index (κ3) is 3.88. The highest BCUT2D eigenvalue weighted by Gasteiger charge is 2.33. The van der Waals surface area contributed by atoms with Crippen LogP contribution in [0.5, 0.6) is 0 Å². The Morgan fingerprint density at radius 3 is 2.88 bits per heavy atom. The number of nitrogens with zero attached hydrogens (tertiary/aromatic N) is 3. The van der Waals surface area contributed by atoms with E-state index in [0.29, 0.717) is 12.3 Å². The summed E-state index contributed by atoms with van der Waals surface area (Å²) in [6.45, 7) is 5.35. The van der Waals surface area contributed by atoms with E-state index in [0.717, 1.165) is 42.9 Å². The fraction of sp³-hybridized carbons (Fsp3) is 0.526. The fourth-order valence-corrected chi connectivity index (χ4v) is 3.45. The minimum absolute atomic E-state index is 0.116. The molecule has 1 saturated heterocycles. The number of anilines is 1. The van der Waals surface area contributed by atoms with Crippen molar-refractivity contribution in [3.63, 3.8) is 0 Å². The number of amides is 1. The van der Waals surface area contributed by atoms with E-state index >= 15 is 0 Å². The number of aromatic nitrogens is 2. The Hall–Kier alpha value is -2.41. The average Bonchev–Trinajstić information content (AvgIpc) is 3.30. The lowest BCUT2D eigenvalue weighted by molar-refractivity contribution is 0.0917. The molecule has 1 fully saturated rings. The van der Waals surface area contributed by atoms with Crippen LogP contribution in [-0.2, 0) is 17.6 Å². The van der Waals surface area contributed by atoms with Crippen LogP contribution in [0.1, 0.15) is 42.1 Å². The van der Waals surface area contributed by atoms with Gasteiger partial charge in [0.25, 0.3) is 5.91 Å². The Kier molecular flexibility index (Phi) is 5.88. The molecule has 0 bridgehead atoms. The van der Waals surface area contributed by atoms with Crippen LogP contribution in [-0.4, -0.2) is 48.2 Å². The van der Waals surface area contributed by atoms with E-state index in [1.807, 2.05) is 19.1 Å². The van der Waals surface area contributed by atoms with Crippen LogP contribution < -0.4 is 10.2 Å². The number of methoxy groups -OCH3 is 1. The van der Waals surface area contributed by atoms with Crippen LogP contribution in [0.25, 0.3) is 0 Å². The molecule has 3 heterocycles. The van der Waals surface area contributed by atoms with Crippen molar-refractivity contribution < 1.29 is 13.9 Å². The molecule has 7 nitrogen and oxygen atoms in total. The number of rotatable bonds is 7. The first kappa shape index (κ1) is 18.4. The van der Waals surface area contributed by atoms with Crippen molar-refractivity contribution in [1.29, 1.82) is 0 Å². The van der Waals surface area contributed by atoms with Crippen LogP contribution >= 0.6 is 0 Å². The van der Waals surface area contributed by atoms with Crippen LogP contribution in [0.3, 0.4) is 0 Å². The molecule has 0 saturated carbocycles. The third-order valence-electron chi connectivity index (χ3n) is 4.89. The topological polar surface area (TPSA) is 80.5 Å². The lowest BCUT2D eigenvalue weighted by Gasteiger charge is -2.25. The number of hydrogen-bond acceptors (Lipinski definition) is 6. The number of hydrogen-bond donors (Lipinski definition) is 1. The average molecular weight is 358 g/mol. The lowest BCUT2D eigenvalue weighted by atomic mass is 10.1. The molecule has 0 spiro atoms. The monoisotopic (exact) mass is 358 g/mol. The third-order valence-corrected chi connectivity index (χ3v) is 4.89. The highest BCUT2D eigenvalue weighted by molar-refractivity contribution is 5.91. The van der Waals surface area contributed by atoms with E-state index in [2.05, 4.69) is 27.1 Å². The van der Waals surface area contributed by atoms with Gasteiger partial charge in [-0.1, -0.05) is 13.8 Å². The van der Waals surface area contributed by atoms with E-state index in [-0.39, 0.29) is 18.1 Å². The van der Waals surface area contributed by atoms with Crippen molar-refractivity contribution in [3.05, 3.63) is 41.7 Å². The van der Waals surface area contributed by atoms with Gasteiger partial charge in [-0.2, -0.15) is 0 Å². The largest absolute Gasteiger partial charge is 0.456 e. The first-order valence-corrected chi connectivity index (χ1v) is 9.11.